The molecule has 1 aromatic rings. The smallest absolute Gasteiger partial charge is 0.242 e. The van der Waals surface area contributed by atoms with Crippen LogP contribution in [0.25, 0.3) is 0 Å². The van der Waals surface area contributed by atoms with Crippen molar-refractivity contribution in [3.63, 3.8) is 0 Å². The van der Waals surface area contributed by atoms with E-state index in [1.165, 1.54) is 5.56 Å². The molecular weight excluding hydrogens is 302 g/mol. The second-order valence-electron chi connectivity index (χ2n) is 7.33. The summed E-state index contributed by atoms with van der Waals surface area (Å²) in [6.45, 7) is 5.11. The monoisotopic (exact) mass is 331 g/mol. The molecule has 2 fully saturated rings. The van der Waals surface area contributed by atoms with Gasteiger partial charge in [-0.2, -0.15) is 0 Å². The average Bonchev–Trinajstić information content (AvgIpc) is 3.02. The molecule has 0 spiro atoms. The number of hydrogen-bond acceptors (Lipinski definition) is 4. The van der Waals surface area contributed by atoms with Crippen molar-refractivity contribution in [2.24, 2.45) is 11.7 Å². The van der Waals surface area contributed by atoms with E-state index < -0.39 is 5.54 Å². The predicted molar refractivity (Wildman–Crippen MR) is 94.4 cm³/mol. The summed E-state index contributed by atoms with van der Waals surface area (Å²) in [6.07, 6.45) is 2.40. The summed E-state index contributed by atoms with van der Waals surface area (Å²) in [6, 6.07) is 10.6. The van der Waals surface area contributed by atoms with Crippen molar-refractivity contribution >= 4 is 5.91 Å². The van der Waals surface area contributed by atoms with Crippen LogP contribution in [0.15, 0.2) is 30.3 Å². The summed E-state index contributed by atoms with van der Waals surface area (Å²) in [5.74, 6) is 0.610. The molecule has 24 heavy (non-hydrogen) atoms. The Kier molecular flexibility index (Phi) is 5.54. The van der Waals surface area contributed by atoms with E-state index >= 15 is 0 Å². The number of likely N-dealkylation sites (tertiary alicyclic amines) is 1. The fourth-order valence-corrected chi connectivity index (χ4v) is 3.85. The van der Waals surface area contributed by atoms with Gasteiger partial charge in [0.2, 0.25) is 5.91 Å². The van der Waals surface area contributed by atoms with E-state index in [0.717, 1.165) is 32.6 Å². The van der Waals surface area contributed by atoms with Crippen molar-refractivity contribution < 1.29 is 9.53 Å². The highest BCUT2D eigenvalue weighted by Gasteiger charge is 2.38. The molecular formula is C19H29N3O2. The highest BCUT2D eigenvalue weighted by atomic mass is 16.5. The Hall–Kier alpha value is -1.43. The van der Waals surface area contributed by atoms with Crippen LogP contribution >= 0.6 is 0 Å². The molecule has 1 aromatic carbocycles. The van der Waals surface area contributed by atoms with Crippen molar-refractivity contribution in [3.05, 3.63) is 35.9 Å². The third-order valence-electron chi connectivity index (χ3n) is 5.31. The maximum absolute atomic E-state index is 12.7. The molecule has 1 amide bonds. The Morgan fingerprint density at radius 2 is 2.04 bits per heavy atom. The first-order valence-electron chi connectivity index (χ1n) is 8.95. The normalized spacial score (nSPS) is 24.0. The fraction of sp³-hybridized carbons (Fsp3) is 0.632. The van der Waals surface area contributed by atoms with Crippen LogP contribution in [-0.2, 0) is 16.1 Å². The molecule has 3 rings (SSSR count). The van der Waals surface area contributed by atoms with Crippen LogP contribution in [-0.4, -0.2) is 61.1 Å². The number of benzene rings is 1. The quantitative estimate of drug-likeness (QED) is 0.888. The second kappa shape index (κ2) is 7.64. The van der Waals surface area contributed by atoms with Gasteiger partial charge in [-0.1, -0.05) is 30.3 Å². The van der Waals surface area contributed by atoms with E-state index in [0.29, 0.717) is 32.0 Å². The van der Waals surface area contributed by atoms with Gasteiger partial charge in [-0.05, 0) is 37.3 Å². The highest BCUT2D eigenvalue weighted by Crippen LogP contribution is 2.23. The van der Waals surface area contributed by atoms with Crippen molar-refractivity contribution in [3.8, 4) is 0 Å². The summed E-state index contributed by atoms with van der Waals surface area (Å²) >= 11 is 0. The molecule has 2 aliphatic heterocycles. The summed E-state index contributed by atoms with van der Waals surface area (Å²) in [4.78, 5) is 17.0. The maximum atomic E-state index is 12.7. The average molecular weight is 331 g/mol. The molecule has 1 atom stereocenters. The minimum Gasteiger partial charge on any atom is -0.381 e. The Labute approximate surface area is 144 Å². The number of rotatable bonds is 5. The topological polar surface area (TPSA) is 58.8 Å². The zero-order chi connectivity index (χ0) is 17.0. The Balaban J connectivity index is 1.48. The number of carbonyl (C=O) groups excluding carboxylic acids is 1. The number of amides is 1. The largest absolute Gasteiger partial charge is 0.381 e. The van der Waals surface area contributed by atoms with Crippen LogP contribution in [0.5, 0.6) is 0 Å². The van der Waals surface area contributed by atoms with Crippen molar-refractivity contribution in [2.75, 3.05) is 39.9 Å². The molecule has 0 aromatic heterocycles. The van der Waals surface area contributed by atoms with Crippen molar-refractivity contribution in [2.45, 2.75) is 31.3 Å². The number of likely N-dealkylation sites (N-methyl/N-ethyl adjacent to an activating group) is 1. The van der Waals surface area contributed by atoms with Crippen LogP contribution in [0.4, 0.5) is 0 Å². The van der Waals surface area contributed by atoms with E-state index in [2.05, 4.69) is 35.2 Å². The van der Waals surface area contributed by atoms with Gasteiger partial charge in [-0.25, -0.2) is 0 Å². The zero-order valence-electron chi connectivity index (χ0n) is 14.6. The predicted octanol–water partition coefficient (Wildman–Crippen LogP) is 1.47. The molecule has 132 valence electrons. The Bertz CT molecular complexity index is 543. The minimum atomic E-state index is -0.727. The van der Waals surface area contributed by atoms with Crippen molar-refractivity contribution in [1.82, 2.24) is 9.80 Å². The molecule has 2 heterocycles. The third-order valence-corrected chi connectivity index (χ3v) is 5.31. The summed E-state index contributed by atoms with van der Waals surface area (Å²) < 4.78 is 5.34. The van der Waals surface area contributed by atoms with Crippen LogP contribution in [0.3, 0.4) is 0 Å². The summed E-state index contributed by atoms with van der Waals surface area (Å²) in [5.41, 5.74) is 6.95. The van der Waals surface area contributed by atoms with Gasteiger partial charge in [0, 0.05) is 39.9 Å². The number of carbonyl (C=O) groups is 1. The van der Waals surface area contributed by atoms with Gasteiger partial charge in [-0.15, -0.1) is 0 Å². The lowest BCUT2D eigenvalue weighted by molar-refractivity contribution is -0.139. The maximum Gasteiger partial charge on any atom is 0.242 e. The SMILES string of the molecule is CN(CC1CCN(Cc2ccccc2)C1)C(=O)C1(N)CCOCC1. The number of nitrogens with zero attached hydrogens (tertiary/aromatic N) is 2. The molecule has 0 saturated carbocycles. The van der Waals surface area contributed by atoms with Crippen LogP contribution < -0.4 is 5.73 Å². The second-order valence-corrected chi connectivity index (χ2v) is 7.33. The first kappa shape index (κ1) is 17.4. The van der Waals surface area contributed by atoms with Gasteiger partial charge >= 0.3 is 0 Å². The molecule has 5 heteroatoms. The van der Waals surface area contributed by atoms with E-state index in [1.54, 1.807) is 0 Å². The van der Waals surface area contributed by atoms with E-state index in [1.807, 2.05) is 11.9 Å². The van der Waals surface area contributed by atoms with Gasteiger partial charge in [0.25, 0.3) is 0 Å². The lowest BCUT2D eigenvalue weighted by atomic mass is 9.89. The molecule has 0 radical (unpaired) electrons. The fourth-order valence-electron chi connectivity index (χ4n) is 3.85. The summed E-state index contributed by atoms with van der Waals surface area (Å²) in [7, 11) is 1.90. The summed E-state index contributed by atoms with van der Waals surface area (Å²) in [5, 5.41) is 0. The van der Waals surface area contributed by atoms with Gasteiger partial charge < -0.3 is 15.4 Å². The standard InChI is InChI=1S/C19H29N3O2/c1-21(18(23)19(20)8-11-24-12-9-19)13-17-7-10-22(15-17)14-16-5-3-2-4-6-16/h2-6,17H,7-15,20H2,1H3. The molecule has 2 N–H and O–H groups in total. The molecule has 2 saturated heterocycles. The first-order chi connectivity index (χ1) is 11.6. The Morgan fingerprint density at radius 1 is 1.33 bits per heavy atom. The van der Waals surface area contributed by atoms with E-state index in [9.17, 15) is 4.79 Å². The van der Waals surface area contributed by atoms with Gasteiger partial charge in [0.1, 0.15) is 0 Å². The highest BCUT2D eigenvalue weighted by molar-refractivity contribution is 5.86. The number of ether oxygens (including phenoxy) is 1. The van der Waals surface area contributed by atoms with Crippen molar-refractivity contribution in [1.29, 1.82) is 0 Å². The number of hydrogen-bond donors (Lipinski definition) is 1. The minimum absolute atomic E-state index is 0.0762. The molecule has 0 aliphatic carbocycles. The lowest BCUT2D eigenvalue weighted by Gasteiger charge is -2.36. The zero-order valence-corrected chi connectivity index (χ0v) is 14.6. The van der Waals surface area contributed by atoms with Gasteiger partial charge in [0.05, 0.1) is 5.54 Å². The third kappa shape index (κ3) is 4.15. The van der Waals surface area contributed by atoms with Crippen LogP contribution in [0.1, 0.15) is 24.8 Å². The lowest BCUT2D eigenvalue weighted by Crippen LogP contribution is -2.57. The van der Waals surface area contributed by atoms with Gasteiger partial charge in [-0.3, -0.25) is 9.69 Å². The van der Waals surface area contributed by atoms with E-state index in [4.69, 9.17) is 10.5 Å². The van der Waals surface area contributed by atoms with Crippen LogP contribution in [0, 0.1) is 5.92 Å². The molecule has 2 aliphatic rings. The molecule has 5 nitrogen and oxygen atoms in total. The van der Waals surface area contributed by atoms with E-state index in [-0.39, 0.29) is 5.91 Å². The number of nitrogens with two attached hydrogens (primary N) is 1. The van der Waals surface area contributed by atoms with Crippen LogP contribution in [0.2, 0.25) is 0 Å². The molecule has 1 unspecified atom stereocenters. The molecule has 0 bridgehead atoms. The first-order valence-corrected chi connectivity index (χ1v) is 8.95. The van der Waals surface area contributed by atoms with Gasteiger partial charge in [0.15, 0.2) is 0 Å². The Morgan fingerprint density at radius 3 is 2.75 bits per heavy atom.